The lowest BCUT2D eigenvalue weighted by atomic mass is 10.2. The summed E-state index contributed by atoms with van der Waals surface area (Å²) in [6.45, 7) is 0.130. The Morgan fingerprint density at radius 1 is 1.00 bits per heavy atom. The first-order chi connectivity index (χ1) is 12.5. The molecule has 2 aromatic heterocycles. The van der Waals surface area contributed by atoms with Crippen LogP contribution in [0.15, 0.2) is 59.2 Å². The van der Waals surface area contributed by atoms with Gasteiger partial charge in [-0.3, -0.25) is 14.4 Å². The molecule has 0 fully saturated rings. The van der Waals surface area contributed by atoms with Gasteiger partial charge in [-0.25, -0.2) is 0 Å². The Balaban J connectivity index is 1.55. The van der Waals surface area contributed by atoms with E-state index in [4.69, 9.17) is 16.0 Å². The monoisotopic (exact) mass is 388 g/mol. The van der Waals surface area contributed by atoms with Gasteiger partial charge in [-0.05, 0) is 36.4 Å². The molecule has 0 saturated carbocycles. The summed E-state index contributed by atoms with van der Waals surface area (Å²) in [4.78, 5) is 37.2. The van der Waals surface area contributed by atoms with Crippen LogP contribution in [0.2, 0.25) is 5.02 Å². The van der Waals surface area contributed by atoms with Crippen molar-refractivity contribution in [2.45, 2.75) is 6.54 Å². The van der Waals surface area contributed by atoms with Gasteiger partial charge in [0, 0.05) is 4.88 Å². The quantitative estimate of drug-likeness (QED) is 0.517. The van der Waals surface area contributed by atoms with Crippen molar-refractivity contribution in [1.29, 1.82) is 0 Å². The highest BCUT2D eigenvalue weighted by Crippen LogP contribution is 2.21. The second-order valence-electron chi connectivity index (χ2n) is 5.19. The fourth-order valence-electron chi connectivity index (χ4n) is 2.11. The number of para-hydroxylation sites is 1. The van der Waals surface area contributed by atoms with Crippen LogP contribution in [0.5, 0.6) is 0 Å². The zero-order chi connectivity index (χ0) is 18.5. The largest absolute Gasteiger partial charge is 0.461 e. The highest BCUT2D eigenvalue weighted by molar-refractivity contribution is 7.14. The van der Waals surface area contributed by atoms with Gasteiger partial charge in [0.25, 0.3) is 0 Å². The summed E-state index contributed by atoms with van der Waals surface area (Å²) in [5, 5.41) is 5.29. The zero-order valence-electron chi connectivity index (χ0n) is 13.3. The molecule has 2 heterocycles. The van der Waals surface area contributed by atoms with Crippen LogP contribution in [0.25, 0.3) is 0 Å². The van der Waals surface area contributed by atoms with Crippen LogP contribution < -0.4 is 10.6 Å². The van der Waals surface area contributed by atoms with E-state index in [1.165, 1.54) is 17.6 Å². The number of amides is 2. The molecule has 26 heavy (non-hydrogen) atoms. The van der Waals surface area contributed by atoms with E-state index in [9.17, 15) is 14.4 Å². The Bertz CT molecular complexity index is 950. The number of ketones is 1. The number of carbonyl (C=O) groups excluding carboxylic acids is 3. The van der Waals surface area contributed by atoms with E-state index in [2.05, 4.69) is 10.6 Å². The number of carbonyl (C=O) groups is 3. The Kier molecular flexibility index (Phi) is 5.50. The first kappa shape index (κ1) is 17.9. The minimum atomic E-state index is -0.818. The molecule has 0 radical (unpaired) electrons. The van der Waals surface area contributed by atoms with Gasteiger partial charge in [-0.1, -0.05) is 23.7 Å². The Hall–Kier alpha value is -2.90. The molecular formula is C18H13ClN2O4S. The van der Waals surface area contributed by atoms with Crippen molar-refractivity contribution in [2.75, 3.05) is 5.32 Å². The van der Waals surface area contributed by atoms with Crippen LogP contribution in [0.1, 0.15) is 20.3 Å². The molecule has 0 atom stereocenters. The van der Waals surface area contributed by atoms with E-state index in [-0.39, 0.29) is 18.1 Å². The number of nitrogens with one attached hydrogen (secondary N) is 2. The van der Waals surface area contributed by atoms with Crippen molar-refractivity contribution in [1.82, 2.24) is 5.32 Å². The second kappa shape index (κ2) is 7.99. The predicted molar refractivity (Wildman–Crippen MR) is 98.4 cm³/mol. The van der Waals surface area contributed by atoms with Gasteiger partial charge in [0.15, 0.2) is 5.76 Å². The number of rotatable bonds is 5. The fourth-order valence-corrected chi connectivity index (χ4v) is 3.19. The number of halogens is 1. The zero-order valence-corrected chi connectivity index (χ0v) is 14.9. The first-order valence-corrected chi connectivity index (χ1v) is 8.74. The number of hydrogen-bond acceptors (Lipinski definition) is 5. The average molecular weight is 389 g/mol. The molecule has 0 spiro atoms. The van der Waals surface area contributed by atoms with E-state index in [1.807, 2.05) is 0 Å². The molecule has 0 bridgehead atoms. The molecule has 0 aliphatic rings. The van der Waals surface area contributed by atoms with Crippen molar-refractivity contribution in [3.8, 4) is 0 Å². The molecule has 2 N–H and O–H groups in total. The second-order valence-corrected chi connectivity index (χ2v) is 6.76. The van der Waals surface area contributed by atoms with Crippen molar-refractivity contribution >= 4 is 46.2 Å². The normalized spacial score (nSPS) is 10.3. The Morgan fingerprint density at radius 2 is 1.81 bits per heavy atom. The number of furan rings is 1. The van der Waals surface area contributed by atoms with Crippen LogP contribution in [0.3, 0.4) is 0 Å². The van der Waals surface area contributed by atoms with E-state index in [0.717, 1.165) is 4.88 Å². The maximum atomic E-state index is 12.2. The lowest BCUT2D eigenvalue weighted by Gasteiger charge is -2.07. The van der Waals surface area contributed by atoms with Crippen LogP contribution in [-0.4, -0.2) is 17.6 Å². The van der Waals surface area contributed by atoms with E-state index in [0.29, 0.717) is 15.6 Å². The molecule has 0 unspecified atom stereocenters. The van der Waals surface area contributed by atoms with E-state index in [1.54, 1.807) is 48.5 Å². The summed E-state index contributed by atoms with van der Waals surface area (Å²) >= 11 is 7.16. The molecule has 1 aromatic carbocycles. The fraction of sp³-hybridized carbons (Fsp3) is 0.0556. The van der Waals surface area contributed by atoms with Crippen LogP contribution >= 0.6 is 22.9 Å². The average Bonchev–Trinajstić information content (AvgIpc) is 3.33. The van der Waals surface area contributed by atoms with Crippen LogP contribution in [-0.2, 0) is 16.1 Å². The summed E-state index contributed by atoms with van der Waals surface area (Å²) in [6.07, 6.45) is 1.43. The number of thiophene rings is 1. The molecular weight excluding hydrogens is 376 g/mol. The Labute approximate surface area is 157 Å². The number of benzene rings is 1. The molecule has 0 aliphatic heterocycles. The molecule has 8 heteroatoms. The molecule has 2 amide bonds. The SMILES string of the molecule is O=C(NCc1ccc(C(=O)c2ccco2)s1)C(=O)Nc1ccccc1Cl. The minimum Gasteiger partial charge on any atom is -0.461 e. The molecule has 3 rings (SSSR count). The highest BCUT2D eigenvalue weighted by atomic mass is 35.5. The van der Waals surface area contributed by atoms with E-state index < -0.39 is 11.8 Å². The molecule has 132 valence electrons. The van der Waals surface area contributed by atoms with Crippen molar-refractivity contribution < 1.29 is 18.8 Å². The lowest BCUT2D eigenvalue weighted by molar-refractivity contribution is -0.136. The van der Waals surface area contributed by atoms with Gasteiger partial charge in [0.05, 0.1) is 28.4 Å². The molecule has 3 aromatic rings. The maximum Gasteiger partial charge on any atom is 0.313 e. The van der Waals surface area contributed by atoms with Crippen molar-refractivity contribution in [2.24, 2.45) is 0 Å². The third-order valence-electron chi connectivity index (χ3n) is 3.38. The van der Waals surface area contributed by atoms with Gasteiger partial charge in [0.1, 0.15) is 0 Å². The highest BCUT2D eigenvalue weighted by Gasteiger charge is 2.17. The van der Waals surface area contributed by atoms with Crippen LogP contribution in [0.4, 0.5) is 5.69 Å². The summed E-state index contributed by atoms with van der Waals surface area (Å²) in [5.74, 6) is -1.59. The van der Waals surface area contributed by atoms with Gasteiger partial charge < -0.3 is 15.1 Å². The maximum absolute atomic E-state index is 12.2. The van der Waals surface area contributed by atoms with Crippen molar-refractivity contribution in [3.05, 3.63) is 75.3 Å². The van der Waals surface area contributed by atoms with E-state index >= 15 is 0 Å². The number of hydrogen-bond donors (Lipinski definition) is 2. The summed E-state index contributed by atoms with van der Waals surface area (Å²) in [7, 11) is 0. The van der Waals surface area contributed by atoms with Gasteiger partial charge in [-0.15, -0.1) is 11.3 Å². The predicted octanol–water partition coefficient (Wildman–Crippen LogP) is 3.48. The molecule has 0 aliphatic carbocycles. The summed E-state index contributed by atoms with van der Waals surface area (Å²) in [6, 6.07) is 13.2. The third-order valence-corrected chi connectivity index (χ3v) is 4.80. The van der Waals surface area contributed by atoms with Gasteiger partial charge >= 0.3 is 11.8 Å². The number of anilines is 1. The summed E-state index contributed by atoms with van der Waals surface area (Å²) in [5.41, 5.74) is 0.358. The standard InChI is InChI=1S/C18H13ClN2O4S/c19-12-4-1-2-5-13(12)21-18(24)17(23)20-10-11-7-8-15(26-11)16(22)14-6-3-9-25-14/h1-9H,10H2,(H,20,23)(H,21,24). The third kappa shape index (κ3) is 4.19. The first-order valence-electron chi connectivity index (χ1n) is 7.55. The summed E-state index contributed by atoms with van der Waals surface area (Å²) < 4.78 is 5.08. The molecule has 0 saturated heterocycles. The smallest absolute Gasteiger partial charge is 0.313 e. The minimum absolute atomic E-state index is 0.130. The lowest BCUT2D eigenvalue weighted by Crippen LogP contribution is -2.34. The van der Waals surface area contributed by atoms with Gasteiger partial charge in [-0.2, -0.15) is 0 Å². The van der Waals surface area contributed by atoms with Crippen LogP contribution in [0, 0.1) is 0 Å². The molecule has 6 nitrogen and oxygen atoms in total. The Morgan fingerprint density at radius 3 is 2.54 bits per heavy atom. The topological polar surface area (TPSA) is 88.4 Å². The van der Waals surface area contributed by atoms with Gasteiger partial charge in [0.2, 0.25) is 5.78 Å². The van der Waals surface area contributed by atoms with Crippen molar-refractivity contribution in [3.63, 3.8) is 0 Å².